The first-order valence-corrected chi connectivity index (χ1v) is 5.82. The maximum absolute atomic E-state index is 11.2. The molecule has 0 aromatic carbocycles. The second-order valence-electron chi connectivity index (χ2n) is 3.71. The van der Waals surface area contributed by atoms with Crippen LogP contribution >= 0.6 is 0 Å². The molecule has 0 bridgehead atoms. The van der Waals surface area contributed by atoms with Gasteiger partial charge in [0.15, 0.2) is 0 Å². The van der Waals surface area contributed by atoms with Gasteiger partial charge in [0.1, 0.15) is 0 Å². The highest BCUT2D eigenvalue weighted by Crippen LogP contribution is 2.17. The van der Waals surface area contributed by atoms with E-state index in [1.165, 1.54) is 0 Å². The van der Waals surface area contributed by atoms with Crippen molar-refractivity contribution in [3.05, 3.63) is 11.3 Å². The van der Waals surface area contributed by atoms with Gasteiger partial charge < -0.3 is 10.6 Å². The first-order valence-electron chi connectivity index (χ1n) is 5.82. The molecule has 0 radical (unpaired) electrons. The van der Waals surface area contributed by atoms with Crippen LogP contribution in [-0.4, -0.2) is 23.9 Å². The average Bonchev–Trinajstić information content (AvgIpc) is 2.23. The summed E-state index contributed by atoms with van der Waals surface area (Å²) in [7, 11) is 0. The van der Waals surface area contributed by atoms with E-state index in [-0.39, 0.29) is 5.91 Å². The number of unbranched alkanes of at least 4 members (excludes halogenated alkanes) is 1. The van der Waals surface area contributed by atoms with Crippen molar-refractivity contribution in [2.75, 3.05) is 13.1 Å². The van der Waals surface area contributed by atoms with E-state index < -0.39 is 0 Å². The van der Waals surface area contributed by atoms with Gasteiger partial charge in [-0.15, -0.1) is 0 Å². The van der Waals surface area contributed by atoms with Crippen LogP contribution < -0.4 is 5.73 Å². The fourth-order valence-electron chi connectivity index (χ4n) is 1.67. The molecule has 1 amide bonds. The van der Waals surface area contributed by atoms with Crippen molar-refractivity contribution in [2.24, 2.45) is 5.73 Å². The zero-order chi connectivity index (χ0) is 11.8. The Balaban J connectivity index is 4.85. The van der Waals surface area contributed by atoms with E-state index in [1.54, 1.807) is 0 Å². The summed E-state index contributed by atoms with van der Waals surface area (Å²) >= 11 is 0. The summed E-state index contributed by atoms with van der Waals surface area (Å²) < 4.78 is 0. The van der Waals surface area contributed by atoms with Gasteiger partial charge in [-0.25, -0.2) is 0 Å². The zero-order valence-corrected chi connectivity index (χ0v) is 10.5. The van der Waals surface area contributed by atoms with Gasteiger partial charge in [0, 0.05) is 24.4 Å². The summed E-state index contributed by atoms with van der Waals surface area (Å²) in [6.45, 7) is 10.0. The molecule has 0 aliphatic heterocycles. The number of primary amides is 1. The predicted molar refractivity (Wildman–Crippen MR) is 64.3 cm³/mol. The molecule has 0 aromatic heterocycles. The molecule has 0 spiro atoms. The van der Waals surface area contributed by atoms with Crippen LogP contribution in [0.15, 0.2) is 11.3 Å². The smallest absolute Gasteiger partial charge is 0.246 e. The lowest BCUT2D eigenvalue weighted by Crippen LogP contribution is -2.26. The largest absolute Gasteiger partial charge is 0.375 e. The first-order chi connectivity index (χ1) is 7.08. The van der Waals surface area contributed by atoms with E-state index >= 15 is 0 Å². The van der Waals surface area contributed by atoms with Crippen LogP contribution in [0.5, 0.6) is 0 Å². The number of hydrogen-bond acceptors (Lipinski definition) is 2. The van der Waals surface area contributed by atoms with Crippen LogP contribution in [0.3, 0.4) is 0 Å². The van der Waals surface area contributed by atoms with Crippen LogP contribution in [0.2, 0.25) is 0 Å². The van der Waals surface area contributed by atoms with Crippen molar-refractivity contribution < 1.29 is 4.79 Å². The quantitative estimate of drug-likeness (QED) is 0.658. The van der Waals surface area contributed by atoms with Crippen LogP contribution in [0, 0.1) is 0 Å². The Morgan fingerprint density at radius 2 is 1.73 bits per heavy atom. The minimum absolute atomic E-state index is 0.298. The summed E-state index contributed by atoms with van der Waals surface area (Å²) in [4.78, 5) is 13.4. The van der Waals surface area contributed by atoms with Crippen LogP contribution in [0.4, 0.5) is 0 Å². The molecule has 3 nitrogen and oxygen atoms in total. The number of carbonyl (C=O) groups is 1. The average molecular weight is 212 g/mol. The van der Waals surface area contributed by atoms with Gasteiger partial charge in [0.2, 0.25) is 5.91 Å². The first kappa shape index (κ1) is 14.0. The number of nitrogens with zero attached hydrogens (tertiary/aromatic N) is 1. The zero-order valence-electron chi connectivity index (χ0n) is 10.5. The Kier molecular flexibility index (Phi) is 6.84. The molecule has 2 N–H and O–H groups in total. The number of rotatable bonds is 7. The monoisotopic (exact) mass is 212 g/mol. The molecule has 88 valence electrons. The van der Waals surface area contributed by atoms with Crippen LogP contribution in [0.25, 0.3) is 0 Å². The van der Waals surface area contributed by atoms with Crippen molar-refractivity contribution in [1.29, 1.82) is 0 Å². The molecule has 0 fully saturated rings. The van der Waals surface area contributed by atoms with Crippen molar-refractivity contribution in [3.63, 3.8) is 0 Å². The number of carbonyl (C=O) groups excluding carboxylic acids is 1. The topological polar surface area (TPSA) is 46.3 Å². The lowest BCUT2D eigenvalue weighted by Gasteiger charge is -2.26. The molecule has 0 rings (SSSR count). The highest BCUT2D eigenvalue weighted by atomic mass is 16.1. The molecule has 0 unspecified atom stereocenters. The Bertz CT molecular complexity index is 230. The van der Waals surface area contributed by atoms with Gasteiger partial charge in [-0.05, 0) is 33.6 Å². The van der Waals surface area contributed by atoms with Crippen molar-refractivity contribution in [2.45, 2.75) is 47.0 Å². The molecule has 15 heavy (non-hydrogen) atoms. The van der Waals surface area contributed by atoms with E-state index in [2.05, 4.69) is 25.7 Å². The standard InChI is InChI=1S/C12H24N2O/c1-5-8-9-11(10(4)12(13)15)14(6-2)7-3/h5-9H2,1-4H3,(H2,13,15)/b11-10-. The number of allylic oxidation sites excluding steroid dienone is 1. The van der Waals surface area contributed by atoms with Crippen molar-refractivity contribution in [3.8, 4) is 0 Å². The second kappa shape index (κ2) is 7.32. The Labute approximate surface area is 93.3 Å². The van der Waals surface area contributed by atoms with E-state index in [4.69, 9.17) is 5.73 Å². The SMILES string of the molecule is CCCC/C(=C(\C)C(N)=O)N(CC)CC. The third-order valence-electron chi connectivity index (χ3n) is 2.71. The maximum Gasteiger partial charge on any atom is 0.246 e. The highest BCUT2D eigenvalue weighted by molar-refractivity contribution is 5.91. The van der Waals surface area contributed by atoms with Gasteiger partial charge in [-0.2, -0.15) is 0 Å². The summed E-state index contributed by atoms with van der Waals surface area (Å²) in [5.74, 6) is -0.298. The lowest BCUT2D eigenvalue weighted by atomic mass is 10.1. The van der Waals surface area contributed by atoms with Crippen molar-refractivity contribution in [1.82, 2.24) is 4.90 Å². The molecule has 0 aliphatic rings. The molecule has 0 heterocycles. The molecule has 3 heteroatoms. The molecule has 0 atom stereocenters. The molecular formula is C12H24N2O. The van der Waals surface area contributed by atoms with E-state index in [1.807, 2.05) is 6.92 Å². The highest BCUT2D eigenvalue weighted by Gasteiger charge is 2.12. The molecule has 0 saturated heterocycles. The van der Waals surface area contributed by atoms with E-state index in [9.17, 15) is 4.79 Å². The number of nitrogens with two attached hydrogens (primary N) is 1. The molecule has 0 aromatic rings. The predicted octanol–water partition coefficient (Wildman–Crippen LogP) is 2.28. The van der Waals surface area contributed by atoms with Gasteiger partial charge in [-0.1, -0.05) is 13.3 Å². The normalized spacial score (nSPS) is 12.3. The Morgan fingerprint density at radius 1 is 1.20 bits per heavy atom. The minimum atomic E-state index is -0.298. The summed E-state index contributed by atoms with van der Waals surface area (Å²) in [5.41, 5.74) is 7.17. The van der Waals surface area contributed by atoms with Gasteiger partial charge in [-0.3, -0.25) is 4.79 Å². The Hall–Kier alpha value is -0.990. The van der Waals surface area contributed by atoms with Gasteiger partial charge >= 0.3 is 0 Å². The Morgan fingerprint density at radius 3 is 2.07 bits per heavy atom. The van der Waals surface area contributed by atoms with Gasteiger partial charge in [0.05, 0.1) is 0 Å². The summed E-state index contributed by atoms with van der Waals surface area (Å²) in [6, 6.07) is 0. The molecule has 0 aliphatic carbocycles. The third-order valence-corrected chi connectivity index (χ3v) is 2.71. The summed E-state index contributed by atoms with van der Waals surface area (Å²) in [5, 5.41) is 0. The second-order valence-corrected chi connectivity index (χ2v) is 3.71. The van der Waals surface area contributed by atoms with Crippen LogP contribution in [-0.2, 0) is 4.79 Å². The van der Waals surface area contributed by atoms with E-state index in [0.29, 0.717) is 5.57 Å². The van der Waals surface area contributed by atoms with E-state index in [0.717, 1.165) is 38.0 Å². The minimum Gasteiger partial charge on any atom is -0.375 e. The van der Waals surface area contributed by atoms with Crippen LogP contribution in [0.1, 0.15) is 47.0 Å². The number of amides is 1. The maximum atomic E-state index is 11.2. The third kappa shape index (κ3) is 4.36. The fourth-order valence-corrected chi connectivity index (χ4v) is 1.67. The lowest BCUT2D eigenvalue weighted by molar-refractivity contribution is -0.114. The van der Waals surface area contributed by atoms with Crippen molar-refractivity contribution >= 4 is 5.91 Å². The number of hydrogen-bond donors (Lipinski definition) is 1. The van der Waals surface area contributed by atoms with Gasteiger partial charge in [0.25, 0.3) is 0 Å². The molecule has 0 saturated carbocycles. The summed E-state index contributed by atoms with van der Waals surface area (Å²) in [6.07, 6.45) is 3.19. The fraction of sp³-hybridized carbons (Fsp3) is 0.750. The molecular weight excluding hydrogens is 188 g/mol.